The Labute approximate surface area is 91.6 Å². The van der Waals surface area contributed by atoms with E-state index in [0.717, 1.165) is 18.8 Å². The lowest BCUT2D eigenvalue weighted by Gasteiger charge is -2.13. The SMILES string of the molecule is C1=CCC=C1.CC(=O)C1CC2C=CC1C2. The van der Waals surface area contributed by atoms with Crippen molar-refractivity contribution in [3.63, 3.8) is 0 Å². The molecule has 0 heterocycles. The molecular formula is C14H18O. The minimum atomic E-state index is 0.370. The molecule has 0 amide bonds. The average molecular weight is 202 g/mol. The number of ketones is 1. The number of carbonyl (C=O) groups excluding carboxylic acids is 1. The molecule has 3 unspecified atom stereocenters. The summed E-state index contributed by atoms with van der Waals surface area (Å²) >= 11 is 0. The first kappa shape index (κ1) is 10.4. The summed E-state index contributed by atoms with van der Waals surface area (Å²) in [7, 11) is 0. The summed E-state index contributed by atoms with van der Waals surface area (Å²) in [5, 5.41) is 0. The van der Waals surface area contributed by atoms with E-state index in [9.17, 15) is 4.79 Å². The number of carbonyl (C=O) groups is 1. The molecule has 1 saturated carbocycles. The monoisotopic (exact) mass is 202 g/mol. The van der Waals surface area contributed by atoms with Gasteiger partial charge in [0.05, 0.1) is 0 Å². The van der Waals surface area contributed by atoms with Gasteiger partial charge in [0, 0.05) is 5.92 Å². The average Bonchev–Trinajstić information content (AvgIpc) is 2.97. The summed E-state index contributed by atoms with van der Waals surface area (Å²) < 4.78 is 0. The molecule has 0 aliphatic heterocycles. The Morgan fingerprint density at radius 1 is 1.13 bits per heavy atom. The van der Waals surface area contributed by atoms with Crippen molar-refractivity contribution in [1.29, 1.82) is 0 Å². The molecule has 15 heavy (non-hydrogen) atoms. The van der Waals surface area contributed by atoms with Gasteiger partial charge in [-0.05, 0) is 38.0 Å². The molecule has 3 atom stereocenters. The van der Waals surface area contributed by atoms with Crippen molar-refractivity contribution in [2.75, 3.05) is 0 Å². The Bertz CT molecular complexity index is 312. The van der Waals surface area contributed by atoms with E-state index in [1.807, 2.05) is 0 Å². The summed E-state index contributed by atoms with van der Waals surface area (Å²) in [5.41, 5.74) is 0. The quantitative estimate of drug-likeness (QED) is 0.596. The Morgan fingerprint density at radius 3 is 2.13 bits per heavy atom. The molecule has 0 radical (unpaired) electrons. The van der Waals surface area contributed by atoms with Gasteiger partial charge in [0.1, 0.15) is 5.78 Å². The van der Waals surface area contributed by atoms with E-state index in [2.05, 4.69) is 36.5 Å². The van der Waals surface area contributed by atoms with Crippen LogP contribution in [0.1, 0.15) is 26.2 Å². The summed E-state index contributed by atoms with van der Waals surface area (Å²) in [6, 6.07) is 0. The molecule has 1 heteroatoms. The lowest BCUT2D eigenvalue weighted by atomic mass is 9.90. The fourth-order valence-electron chi connectivity index (χ4n) is 2.64. The van der Waals surface area contributed by atoms with Gasteiger partial charge in [-0.2, -0.15) is 0 Å². The smallest absolute Gasteiger partial charge is 0.133 e. The summed E-state index contributed by atoms with van der Waals surface area (Å²) in [5.74, 6) is 2.09. The standard InChI is InChI=1S/C9H12O.C5H6/c1-6(10)9-5-7-2-3-8(9)4-7;1-2-4-5-3-1/h2-3,7-9H,4-5H2,1H3;1-4H,5H2. The predicted octanol–water partition coefficient (Wildman–Crippen LogP) is 3.29. The fourth-order valence-corrected chi connectivity index (χ4v) is 2.64. The van der Waals surface area contributed by atoms with Crippen LogP contribution in [0.3, 0.4) is 0 Å². The van der Waals surface area contributed by atoms with Crippen LogP contribution in [-0.4, -0.2) is 5.78 Å². The molecule has 3 aliphatic carbocycles. The number of Topliss-reactive ketones (excluding diaryl/α,β-unsaturated/α-hetero) is 1. The highest BCUT2D eigenvalue weighted by Gasteiger charge is 2.37. The van der Waals surface area contributed by atoms with Crippen molar-refractivity contribution < 1.29 is 4.79 Å². The number of fused-ring (bicyclic) bond motifs is 2. The minimum absolute atomic E-state index is 0.370. The first-order valence-corrected chi connectivity index (χ1v) is 5.78. The van der Waals surface area contributed by atoms with Crippen molar-refractivity contribution in [3.8, 4) is 0 Å². The molecule has 1 nitrogen and oxygen atoms in total. The third-order valence-corrected chi connectivity index (χ3v) is 3.46. The van der Waals surface area contributed by atoms with Crippen LogP contribution in [0.25, 0.3) is 0 Å². The number of rotatable bonds is 1. The Hall–Kier alpha value is -1.11. The van der Waals surface area contributed by atoms with Crippen LogP contribution >= 0.6 is 0 Å². The van der Waals surface area contributed by atoms with E-state index >= 15 is 0 Å². The molecule has 3 rings (SSSR count). The third kappa shape index (κ3) is 2.47. The number of hydrogen-bond donors (Lipinski definition) is 0. The van der Waals surface area contributed by atoms with Crippen LogP contribution in [0, 0.1) is 17.8 Å². The van der Waals surface area contributed by atoms with Crippen LogP contribution in [0.2, 0.25) is 0 Å². The lowest BCUT2D eigenvalue weighted by molar-refractivity contribution is -0.121. The zero-order valence-electron chi connectivity index (χ0n) is 9.23. The molecule has 0 spiro atoms. The lowest BCUT2D eigenvalue weighted by Crippen LogP contribution is -2.15. The normalized spacial score (nSPS) is 34.3. The van der Waals surface area contributed by atoms with Gasteiger partial charge in [-0.15, -0.1) is 0 Å². The number of hydrogen-bond acceptors (Lipinski definition) is 1. The first-order valence-electron chi connectivity index (χ1n) is 5.78. The first-order chi connectivity index (χ1) is 7.27. The second-order valence-electron chi connectivity index (χ2n) is 4.59. The van der Waals surface area contributed by atoms with E-state index in [1.165, 1.54) is 6.42 Å². The van der Waals surface area contributed by atoms with Gasteiger partial charge in [-0.1, -0.05) is 36.5 Å². The van der Waals surface area contributed by atoms with Crippen molar-refractivity contribution in [2.24, 2.45) is 17.8 Å². The van der Waals surface area contributed by atoms with Gasteiger partial charge in [-0.3, -0.25) is 4.79 Å². The number of allylic oxidation sites excluding steroid dienone is 6. The highest BCUT2D eigenvalue weighted by Crippen LogP contribution is 2.43. The zero-order valence-corrected chi connectivity index (χ0v) is 9.23. The van der Waals surface area contributed by atoms with E-state index in [4.69, 9.17) is 0 Å². The highest BCUT2D eigenvalue weighted by atomic mass is 16.1. The van der Waals surface area contributed by atoms with E-state index < -0.39 is 0 Å². The summed E-state index contributed by atoms with van der Waals surface area (Å²) in [6.45, 7) is 1.72. The maximum absolute atomic E-state index is 11.0. The Kier molecular flexibility index (Phi) is 3.20. The topological polar surface area (TPSA) is 17.1 Å². The highest BCUT2D eigenvalue weighted by molar-refractivity contribution is 5.79. The molecule has 0 N–H and O–H groups in total. The van der Waals surface area contributed by atoms with Crippen molar-refractivity contribution in [1.82, 2.24) is 0 Å². The minimum Gasteiger partial charge on any atom is -0.300 e. The van der Waals surface area contributed by atoms with Crippen molar-refractivity contribution in [2.45, 2.75) is 26.2 Å². The second-order valence-corrected chi connectivity index (χ2v) is 4.59. The van der Waals surface area contributed by atoms with Crippen LogP contribution in [0.4, 0.5) is 0 Å². The molecule has 0 aromatic heterocycles. The molecule has 0 aromatic rings. The van der Waals surface area contributed by atoms with Gasteiger partial charge < -0.3 is 0 Å². The van der Waals surface area contributed by atoms with Crippen LogP contribution in [0.5, 0.6) is 0 Å². The van der Waals surface area contributed by atoms with E-state index in [1.54, 1.807) is 6.92 Å². The molecule has 2 bridgehead atoms. The molecule has 80 valence electrons. The molecule has 0 saturated heterocycles. The van der Waals surface area contributed by atoms with Crippen LogP contribution in [-0.2, 0) is 4.79 Å². The van der Waals surface area contributed by atoms with E-state index in [-0.39, 0.29) is 0 Å². The zero-order chi connectivity index (χ0) is 10.7. The van der Waals surface area contributed by atoms with Gasteiger partial charge in [0.25, 0.3) is 0 Å². The van der Waals surface area contributed by atoms with Gasteiger partial charge in [0.2, 0.25) is 0 Å². The van der Waals surface area contributed by atoms with E-state index in [0.29, 0.717) is 17.6 Å². The maximum Gasteiger partial charge on any atom is 0.133 e. The fraction of sp³-hybridized carbons (Fsp3) is 0.500. The summed E-state index contributed by atoms with van der Waals surface area (Å²) in [6.07, 6.45) is 16.4. The third-order valence-electron chi connectivity index (χ3n) is 3.46. The molecule has 1 fully saturated rings. The summed E-state index contributed by atoms with van der Waals surface area (Å²) in [4.78, 5) is 11.0. The van der Waals surface area contributed by atoms with Crippen LogP contribution in [0.15, 0.2) is 36.5 Å². The molecule has 0 aromatic carbocycles. The second kappa shape index (κ2) is 4.61. The van der Waals surface area contributed by atoms with Crippen LogP contribution < -0.4 is 0 Å². The van der Waals surface area contributed by atoms with Gasteiger partial charge >= 0.3 is 0 Å². The van der Waals surface area contributed by atoms with Gasteiger partial charge in [0.15, 0.2) is 0 Å². The maximum atomic E-state index is 11.0. The van der Waals surface area contributed by atoms with Gasteiger partial charge in [-0.25, -0.2) is 0 Å². The Balaban J connectivity index is 0.000000144. The molecular weight excluding hydrogens is 184 g/mol. The Morgan fingerprint density at radius 2 is 1.87 bits per heavy atom. The largest absolute Gasteiger partial charge is 0.300 e. The predicted molar refractivity (Wildman–Crippen MR) is 62.4 cm³/mol. The van der Waals surface area contributed by atoms with Crippen molar-refractivity contribution in [3.05, 3.63) is 36.5 Å². The molecule has 3 aliphatic rings. The van der Waals surface area contributed by atoms with Crippen molar-refractivity contribution >= 4 is 5.78 Å².